The first kappa shape index (κ1) is 5.65. The van der Waals surface area contributed by atoms with Crippen molar-refractivity contribution in [2.45, 2.75) is 25.4 Å². The SMILES string of the molecule is C#C[C@H]1CCC[C@@H]1O. The number of hydrogen-bond acceptors (Lipinski definition) is 1. The smallest absolute Gasteiger partial charge is 0.0677 e. The first-order chi connectivity index (χ1) is 3.84. The molecule has 1 fully saturated rings. The van der Waals surface area contributed by atoms with Crippen LogP contribution in [0.3, 0.4) is 0 Å². The van der Waals surface area contributed by atoms with Gasteiger partial charge in [0.15, 0.2) is 0 Å². The summed E-state index contributed by atoms with van der Waals surface area (Å²) in [4.78, 5) is 0. The van der Waals surface area contributed by atoms with Crippen LogP contribution in [-0.2, 0) is 0 Å². The Kier molecular flexibility index (Phi) is 1.55. The highest BCUT2D eigenvalue weighted by Gasteiger charge is 2.22. The normalized spacial score (nSPS) is 37.0. The van der Waals surface area contributed by atoms with E-state index >= 15 is 0 Å². The molecule has 0 aromatic carbocycles. The van der Waals surface area contributed by atoms with Gasteiger partial charge in [-0.1, -0.05) is 0 Å². The Balaban J connectivity index is 2.45. The van der Waals surface area contributed by atoms with E-state index in [2.05, 4.69) is 5.92 Å². The van der Waals surface area contributed by atoms with Gasteiger partial charge in [0.05, 0.1) is 6.10 Å². The molecular formula is C7H10O. The van der Waals surface area contributed by atoms with Gasteiger partial charge < -0.3 is 5.11 Å². The maximum absolute atomic E-state index is 9.05. The quantitative estimate of drug-likeness (QED) is 0.457. The van der Waals surface area contributed by atoms with Gasteiger partial charge >= 0.3 is 0 Å². The van der Waals surface area contributed by atoms with Crippen molar-refractivity contribution in [3.05, 3.63) is 0 Å². The van der Waals surface area contributed by atoms with Crippen LogP contribution in [0.1, 0.15) is 19.3 Å². The minimum absolute atomic E-state index is 0.148. The summed E-state index contributed by atoms with van der Waals surface area (Å²) in [5.74, 6) is 2.71. The molecule has 0 aliphatic heterocycles. The summed E-state index contributed by atoms with van der Waals surface area (Å²) in [6, 6.07) is 0. The molecule has 0 aromatic rings. The highest BCUT2D eigenvalue weighted by Crippen LogP contribution is 2.23. The van der Waals surface area contributed by atoms with E-state index in [9.17, 15) is 0 Å². The van der Waals surface area contributed by atoms with Crippen LogP contribution in [0.4, 0.5) is 0 Å². The van der Waals surface area contributed by atoms with Crippen molar-refractivity contribution in [1.82, 2.24) is 0 Å². The van der Waals surface area contributed by atoms with Gasteiger partial charge in [-0.15, -0.1) is 12.3 Å². The van der Waals surface area contributed by atoms with Crippen molar-refractivity contribution < 1.29 is 5.11 Å². The fourth-order valence-corrected chi connectivity index (χ4v) is 1.13. The molecule has 0 aromatic heterocycles. The van der Waals surface area contributed by atoms with Gasteiger partial charge in [0.2, 0.25) is 0 Å². The maximum Gasteiger partial charge on any atom is 0.0677 e. The first-order valence-electron chi connectivity index (χ1n) is 2.99. The zero-order chi connectivity index (χ0) is 5.98. The Morgan fingerprint density at radius 1 is 1.50 bits per heavy atom. The lowest BCUT2D eigenvalue weighted by Crippen LogP contribution is -2.09. The third kappa shape index (κ3) is 0.850. The van der Waals surface area contributed by atoms with E-state index in [4.69, 9.17) is 11.5 Å². The van der Waals surface area contributed by atoms with E-state index in [0.717, 1.165) is 19.3 Å². The zero-order valence-electron chi connectivity index (χ0n) is 4.80. The molecule has 44 valence electrons. The van der Waals surface area contributed by atoms with E-state index in [1.54, 1.807) is 0 Å². The molecule has 1 nitrogen and oxygen atoms in total. The summed E-state index contributed by atoms with van der Waals surface area (Å²) < 4.78 is 0. The monoisotopic (exact) mass is 110 g/mol. The van der Waals surface area contributed by atoms with Crippen LogP contribution < -0.4 is 0 Å². The van der Waals surface area contributed by atoms with Crippen molar-refractivity contribution in [1.29, 1.82) is 0 Å². The van der Waals surface area contributed by atoms with Gasteiger partial charge in [-0.3, -0.25) is 0 Å². The predicted octanol–water partition coefficient (Wildman–Crippen LogP) is 0.781. The largest absolute Gasteiger partial charge is 0.392 e. The van der Waals surface area contributed by atoms with E-state index in [1.165, 1.54) is 0 Å². The van der Waals surface area contributed by atoms with Crippen LogP contribution in [0.25, 0.3) is 0 Å². The Morgan fingerprint density at radius 3 is 2.50 bits per heavy atom. The summed E-state index contributed by atoms with van der Waals surface area (Å²) >= 11 is 0. The third-order valence-corrected chi connectivity index (χ3v) is 1.69. The molecule has 2 atom stereocenters. The molecule has 1 saturated carbocycles. The van der Waals surface area contributed by atoms with Gasteiger partial charge in [0.25, 0.3) is 0 Å². The number of aliphatic hydroxyl groups excluding tert-OH is 1. The second-order valence-electron chi connectivity index (χ2n) is 2.27. The van der Waals surface area contributed by atoms with Crippen LogP contribution in [-0.4, -0.2) is 11.2 Å². The average molecular weight is 110 g/mol. The lowest BCUT2D eigenvalue weighted by molar-refractivity contribution is 0.157. The van der Waals surface area contributed by atoms with Crippen molar-refractivity contribution in [2.75, 3.05) is 0 Å². The second-order valence-corrected chi connectivity index (χ2v) is 2.27. The summed E-state index contributed by atoms with van der Waals surface area (Å²) in [7, 11) is 0. The molecule has 1 aliphatic rings. The number of hydrogen-bond donors (Lipinski definition) is 1. The van der Waals surface area contributed by atoms with Gasteiger partial charge in [0, 0.05) is 5.92 Å². The molecule has 0 heterocycles. The average Bonchev–Trinajstić information content (AvgIpc) is 2.14. The lowest BCUT2D eigenvalue weighted by atomic mass is 10.1. The van der Waals surface area contributed by atoms with Crippen molar-refractivity contribution >= 4 is 0 Å². The topological polar surface area (TPSA) is 20.2 Å². The van der Waals surface area contributed by atoms with Gasteiger partial charge in [-0.05, 0) is 19.3 Å². The molecule has 0 radical (unpaired) electrons. The van der Waals surface area contributed by atoms with Crippen molar-refractivity contribution in [3.8, 4) is 12.3 Å². The molecule has 0 bridgehead atoms. The molecule has 0 amide bonds. The van der Waals surface area contributed by atoms with Crippen molar-refractivity contribution in [3.63, 3.8) is 0 Å². The predicted molar refractivity (Wildman–Crippen MR) is 32.2 cm³/mol. The molecule has 0 spiro atoms. The Bertz CT molecular complexity index is 112. The molecule has 0 unspecified atom stereocenters. The molecule has 1 rings (SSSR count). The molecule has 1 N–H and O–H groups in total. The number of terminal acetylenes is 1. The summed E-state index contributed by atoms with van der Waals surface area (Å²) in [6.07, 6.45) is 7.91. The van der Waals surface area contributed by atoms with E-state index in [1.807, 2.05) is 0 Å². The summed E-state index contributed by atoms with van der Waals surface area (Å²) in [5.41, 5.74) is 0. The highest BCUT2D eigenvalue weighted by atomic mass is 16.3. The second kappa shape index (κ2) is 2.19. The van der Waals surface area contributed by atoms with Crippen molar-refractivity contribution in [2.24, 2.45) is 5.92 Å². The number of rotatable bonds is 0. The fourth-order valence-electron chi connectivity index (χ4n) is 1.13. The zero-order valence-corrected chi connectivity index (χ0v) is 4.80. The Hall–Kier alpha value is -0.480. The van der Waals surface area contributed by atoms with E-state index in [-0.39, 0.29) is 12.0 Å². The molecule has 8 heavy (non-hydrogen) atoms. The lowest BCUT2D eigenvalue weighted by Gasteiger charge is -2.03. The molecule has 0 saturated heterocycles. The first-order valence-corrected chi connectivity index (χ1v) is 2.99. The van der Waals surface area contributed by atoms with Gasteiger partial charge in [0.1, 0.15) is 0 Å². The van der Waals surface area contributed by atoms with E-state index < -0.39 is 0 Å². The fraction of sp³-hybridized carbons (Fsp3) is 0.714. The molecular weight excluding hydrogens is 100 g/mol. The summed E-state index contributed by atoms with van der Waals surface area (Å²) in [6.45, 7) is 0. The third-order valence-electron chi connectivity index (χ3n) is 1.69. The highest BCUT2D eigenvalue weighted by molar-refractivity contribution is 4.99. The summed E-state index contributed by atoms with van der Waals surface area (Å²) in [5, 5.41) is 9.05. The Labute approximate surface area is 49.7 Å². The van der Waals surface area contributed by atoms with Crippen LogP contribution in [0, 0.1) is 18.3 Å². The molecule has 1 heteroatoms. The Morgan fingerprint density at radius 2 is 2.25 bits per heavy atom. The van der Waals surface area contributed by atoms with E-state index in [0.29, 0.717) is 0 Å². The minimum atomic E-state index is -0.208. The van der Waals surface area contributed by atoms with Crippen LogP contribution in [0.15, 0.2) is 0 Å². The van der Waals surface area contributed by atoms with Crippen LogP contribution in [0.2, 0.25) is 0 Å². The van der Waals surface area contributed by atoms with Gasteiger partial charge in [-0.2, -0.15) is 0 Å². The van der Waals surface area contributed by atoms with Crippen LogP contribution >= 0.6 is 0 Å². The number of aliphatic hydroxyl groups is 1. The standard InChI is InChI=1S/C7H10O/c1-2-6-4-3-5-7(6)8/h1,6-8H,3-5H2/t6-,7-/m0/s1. The van der Waals surface area contributed by atoms with Gasteiger partial charge in [-0.25, -0.2) is 0 Å². The minimum Gasteiger partial charge on any atom is -0.392 e. The van der Waals surface area contributed by atoms with Crippen LogP contribution in [0.5, 0.6) is 0 Å². The maximum atomic E-state index is 9.05. The molecule has 1 aliphatic carbocycles.